The molecule has 0 aliphatic carbocycles. The molecule has 1 aliphatic heterocycles. The number of nitrogens with zero attached hydrogens (tertiary/aromatic N) is 1. The number of methoxy groups -OCH3 is 2. The summed E-state index contributed by atoms with van der Waals surface area (Å²) in [6.07, 6.45) is 0.0278. The molecule has 1 aliphatic rings. The van der Waals surface area contributed by atoms with Gasteiger partial charge in [0.05, 0.1) is 36.3 Å². The van der Waals surface area contributed by atoms with E-state index >= 15 is 0 Å². The number of benzene rings is 1. The third-order valence-corrected chi connectivity index (χ3v) is 6.24. The van der Waals surface area contributed by atoms with Crippen LogP contribution >= 0.6 is 0 Å². The minimum absolute atomic E-state index is 0.0124. The normalized spacial score (nSPS) is 21.6. The first-order valence-electron chi connectivity index (χ1n) is 7.73. The molecule has 0 amide bonds. The van der Waals surface area contributed by atoms with Gasteiger partial charge in [-0.15, -0.1) is 0 Å². The summed E-state index contributed by atoms with van der Waals surface area (Å²) in [6, 6.07) is 3.21. The lowest BCUT2D eigenvalue weighted by Crippen LogP contribution is -2.46. The Balaban J connectivity index is 2.57. The van der Waals surface area contributed by atoms with E-state index in [4.69, 9.17) is 0 Å². The van der Waals surface area contributed by atoms with Gasteiger partial charge in [0, 0.05) is 12.6 Å². The molecule has 2 atom stereocenters. The molecule has 0 spiro atoms. The molecule has 138 valence electrons. The summed E-state index contributed by atoms with van der Waals surface area (Å²) in [7, 11) is -1.75. The van der Waals surface area contributed by atoms with Crippen molar-refractivity contribution in [1.82, 2.24) is 4.31 Å². The van der Waals surface area contributed by atoms with E-state index in [9.17, 15) is 23.1 Å². The first-order chi connectivity index (χ1) is 11.7. The van der Waals surface area contributed by atoms with Crippen LogP contribution in [0.1, 0.15) is 40.5 Å². The molecule has 2 rings (SSSR count). The standard InChI is InChI=1S/C16H21NO7S/c1-10-8-12(18)6-7-17(10)25(21,22)14-9-11(15(19)23-2)4-5-13(14)16(20)24-3/h4-5,9-10,12,18H,6-8H2,1-3H3/t10-,12-/m1/s1. The zero-order valence-electron chi connectivity index (χ0n) is 14.3. The van der Waals surface area contributed by atoms with Crippen molar-refractivity contribution in [3.8, 4) is 0 Å². The van der Waals surface area contributed by atoms with Gasteiger partial charge >= 0.3 is 11.9 Å². The fourth-order valence-electron chi connectivity index (χ4n) is 2.87. The lowest BCUT2D eigenvalue weighted by Gasteiger charge is -2.35. The smallest absolute Gasteiger partial charge is 0.339 e. The van der Waals surface area contributed by atoms with E-state index in [1.807, 2.05) is 0 Å². The lowest BCUT2D eigenvalue weighted by molar-refractivity contribution is 0.0582. The molecule has 1 fully saturated rings. The number of aliphatic hydroxyl groups is 1. The van der Waals surface area contributed by atoms with Crippen LogP contribution in [0.4, 0.5) is 0 Å². The molecule has 1 aromatic rings. The second-order valence-electron chi connectivity index (χ2n) is 5.84. The summed E-state index contributed by atoms with van der Waals surface area (Å²) < 4.78 is 36.7. The Hall–Kier alpha value is -1.97. The predicted octanol–water partition coefficient (Wildman–Crippen LogP) is 0.794. The number of sulfonamides is 1. The lowest BCUT2D eigenvalue weighted by atomic mass is 10.0. The fourth-order valence-corrected chi connectivity index (χ4v) is 4.73. The van der Waals surface area contributed by atoms with Crippen LogP contribution < -0.4 is 0 Å². The molecule has 0 bridgehead atoms. The van der Waals surface area contributed by atoms with E-state index in [0.29, 0.717) is 12.8 Å². The predicted molar refractivity (Wildman–Crippen MR) is 87.7 cm³/mol. The van der Waals surface area contributed by atoms with Crippen LogP contribution in [0.5, 0.6) is 0 Å². The largest absolute Gasteiger partial charge is 0.465 e. The Kier molecular flexibility index (Phi) is 5.81. The fraction of sp³-hybridized carbons (Fsp3) is 0.500. The summed E-state index contributed by atoms with van der Waals surface area (Å²) in [4.78, 5) is 23.4. The van der Waals surface area contributed by atoms with Gasteiger partial charge in [-0.2, -0.15) is 4.31 Å². The summed E-state index contributed by atoms with van der Waals surface area (Å²) in [5, 5.41) is 9.71. The maximum atomic E-state index is 13.1. The molecule has 1 saturated heterocycles. The van der Waals surface area contributed by atoms with Crippen LogP contribution in [-0.2, 0) is 19.5 Å². The van der Waals surface area contributed by atoms with Crippen molar-refractivity contribution in [1.29, 1.82) is 0 Å². The quantitative estimate of drug-likeness (QED) is 0.779. The van der Waals surface area contributed by atoms with Crippen LogP contribution in [0.2, 0.25) is 0 Å². The molecule has 0 saturated carbocycles. The van der Waals surface area contributed by atoms with Crippen LogP contribution in [0.25, 0.3) is 0 Å². The van der Waals surface area contributed by atoms with Gasteiger partial charge in [0.2, 0.25) is 10.0 Å². The molecule has 0 radical (unpaired) electrons. The Morgan fingerprint density at radius 1 is 1.20 bits per heavy atom. The zero-order valence-corrected chi connectivity index (χ0v) is 15.1. The third kappa shape index (κ3) is 3.83. The maximum Gasteiger partial charge on any atom is 0.339 e. The van der Waals surface area contributed by atoms with Crippen molar-refractivity contribution < 1.29 is 32.6 Å². The van der Waals surface area contributed by atoms with Crippen molar-refractivity contribution >= 4 is 22.0 Å². The van der Waals surface area contributed by atoms with E-state index in [1.54, 1.807) is 6.92 Å². The minimum atomic E-state index is -4.07. The summed E-state index contributed by atoms with van der Waals surface area (Å²) >= 11 is 0. The van der Waals surface area contributed by atoms with Crippen molar-refractivity contribution in [3.63, 3.8) is 0 Å². The Morgan fingerprint density at radius 2 is 1.84 bits per heavy atom. The molecule has 1 heterocycles. The van der Waals surface area contributed by atoms with E-state index in [0.717, 1.165) is 13.2 Å². The summed E-state index contributed by atoms with van der Waals surface area (Å²) in [5.74, 6) is -1.53. The second-order valence-corrected chi connectivity index (χ2v) is 7.70. The number of aliphatic hydroxyl groups excluding tert-OH is 1. The number of ether oxygens (including phenoxy) is 2. The van der Waals surface area contributed by atoms with Gasteiger partial charge in [0.25, 0.3) is 0 Å². The van der Waals surface area contributed by atoms with Gasteiger partial charge in [0.1, 0.15) is 0 Å². The molecule has 9 heteroatoms. The van der Waals surface area contributed by atoms with Gasteiger partial charge in [-0.25, -0.2) is 18.0 Å². The van der Waals surface area contributed by atoms with Crippen molar-refractivity contribution in [2.24, 2.45) is 0 Å². The molecule has 1 N–H and O–H groups in total. The molecular weight excluding hydrogens is 350 g/mol. The third-order valence-electron chi connectivity index (χ3n) is 4.18. The van der Waals surface area contributed by atoms with Crippen LogP contribution in [-0.4, -0.2) is 62.7 Å². The maximum absolute atomic E-state index is 13.1. The summed E-state index contributed by atoms with van der Waals surface area (Å²) in [5.41, 5.74) is -0.146. The molecule has 8 nitrogen and oxygen atoms in total. The van der Waals surface area contributed by atoms with Gasteiger partial charge in [-0.3, -0.25) is 0 Å². The monoisotopic (exact) mass is 371 g/mol. The Bertz CT molecular complexity index is 775. The number of piperidine rings is 1. The van der Waals surface area contributed by atoms with E-state index in [2.05, 4.69) is 9.47 Å². The topological polar surface area (TPSA) is 110 Å². The summed E-state index contributed by atoms with van der Waals surface area (Å²) in [6.45, 7) is 1.80. The van der Waals surface area contributed by atoms with Crippen molar-refractivity contribution in [3.05, 3.63) is 29.3 Å². The Morgan fingerprint density at radius 3 is 2.40 bits per heavy atom. The van der Waals surface area contributed by atoms with E-state index in [-0.39, 0.29) is 22.6 Å². The van der Waals surface area contributed by atoms with Gasteiger partial charge in [0.15, 0.2) is 0 Å². The number of hydrogen-bond acceptors (Lipinski definition) is 7. The highest BCUT2D eigenvalue weighted by Crippen LogP contribution is 2.28. The first-order valence-corrected chi connectivity index (χ1v) is 9.17. The average molecular weight is 371 g/mol. The highest BCUT2D eigenvalue weighted by atomic mass is 32.2. The van der Waals surface area contributed by atoms with E-state index in [1.165, 1.54) is 23.5 Å². The van der Waals surface area contributed by atoms with Crippen LogP contribution in [0.15, 0.2) is 23.1 Å². The average Bonchev–Trinajstić information content (AvgIpc) is 2.59. The van der Waals surface area contributed by atoms with Gasteiger partial charge in [-0.05, 0) is 38.0 Å². The molecule has 1 aromatic carbocycles. The van der Waals surface area contributed by atoms with Gasteiger partial charge in [-0.1, -0.05) is 0 Å². The SMILES string of the molecule is COC(=O)c1ccc(C(=O)OC)c(S(=O)(=O)N2CC[C@@H](O)C[C@H]2C)c1. The number of carbonyl (C=O) groups is 2. The highest BCUT2D eigenvalue weighted by Gasteiger charge is 2.36. The van der Waals surface area contributed by atoms with Crippen molar-refractivity contribution in [2.45, 2.75) is 36.8 Å². The molecule has 25 heavy (non-hydrogen) atoms. The number of esters is 2. The first kappa shape index (κ1) is 19.4. The number of rotatable bonds is 4. The van der Waals surface area contributed by atoms with Crippen LogP contribution in [0, 0.1) is 0 Å². The molecule has 0 aromatic heterocycles. The van der Waals surface area contributed by atoms with Crippen LogP contribution in [0.3, 0.4) is 0 Å². The molecule has 0 unspecified atom stereocenters. The number of carbonyl (C=O) groups excluding carboxylic acids is 2. The second kappa shape index (κ2) is 7.51. The molecular formula is C16H21NO7S. The Labute approximate surface area is 146 Å². The van der Waals surface area contributed by atoms with Crippen molar-refractivity contribution in [2.75, 3.05) is 20.8 Å². The van der Waals surface area contributed by atoms with E-state index < -0.39 is 34.1 Å². The minimum Gasteiger partial charge on any atom is -0.465 e. The number of hydrogen-bond donors (Lipinski definition) is 1. The highest BCUT2D eigenvalue weighted by molar-refractivity contribution is 7.89. The van der Waals surface area contributed by atoms with Gasteiger partial charge < -0.3 is 14.6 Å². The zero-order chi connectivity index (χ0) is 18.8.